The molecule has 0 saturated heterocycles. The van der Waals surface area contributed by atoms with Gasteiger partial charge < -0.3 is 4.74 Å². The molecule has 0 unspecified atom stereocenters. The average molecular weight is 355 g/mol. The maximum atomic E-state index is 11.9. The first-order valence-electron chi connectivity index (χ1n) is 8.06. The third kappa shape index (κ3) is 4.89. The number of rotatable bonds is 6. The van der Waals surface area contributed by atoms with Gasteiger partial charge in [0.25, 0.3) is 11.6 Å². The van der Waals surface area contributed by atoms with Crippen LogP contribution in [0.3, 0.4) is 0 Å². The normalized spacial score (nSPS) is 11.2. The molecular formula is C19H21N3O4. The number of ether oxygens (including phenoxy) is 1. The number of hydrogen-bond donors (Lipinski definition) is 1. The monoisotopic (exact) mass is 355 g/mol. The molecule has 2 aromatic rings. The molecule has 1 N–H and O–H groups in total. The van der Waals surface area contributed by atoms with Crippen molar-refractivity contribution in [3.8, 4) is 5.75 Å². The Morgan fingerprint density at radius 1 is 1.15 bits per heavy atom. The molecule has 7 heteroatoms. The van der Waals surface area contributed by atoms with Crippen LogP contribution in [-0.2, 0) is 4.79 Å². The molecule has 0 bridgehead atoms. The summed E-state index contributed by atoms with van der Waals surface area (Å²) in [5, 5.41) is 15.0. The zero-order valence-corrected chi connectivity index (χ0v) is 15.2. The van der Waals surface area contributed by atoms with Crippen molar-refractivity contribution in [1.82, 2.24) is 5.43 Å². The zero-order valence-electron chi connectivity index (χ0n) is 15.2. The predicted octanol–water partition coefficient (Wildman–Crippen LogP) is 3.44. The molecule has 136 valence electrons. The number of nitrogens with one attached hydrogen (secondary N) is 1. The van der Waals surface area contributed by atoms with Crippen molar-refractivity contribution in [3.05, 3.63) is 68.8 Å². The number of amides is 1. The van der Waals surface area contributed by atoms with Crippen LogP contribution in [0.5, 0.6) is 5.75 Å². The van der Waals surface area contributed by atoms with E-state index >= 15 is 0 Å². The Morgan fingerprint density at radius 3 is 2.54 bits per heavy atom. The molecule has 0 aromatic heterocycles. The number of nitro groups is 1. The highest BCUT2D eigenvalue weighted by atomic mass is 16.6. The first-order valence-corrected chi connectivity index (χ1v) is 8.06. The third-order valence-electron chi connectivity index (χ3n) is 3.87. The molecule has 2 rings (SSSR count). The van der Waals surface area contributed by atoms with E-state index in [1.165, 1.54) is 6.07 Å². The van der Waals surface area contributed by atoms with Crippen LogP contribution in [0.4, 0.5) is 5.69 Å². The topological polar surface area (TPSA) is 93.8 Å². The molecule has 0 fully saturated rings. The van der Waals surface area contributed by atoms with E-state index in [4.69, 9.17) is 4.74 Å². The second kappa shape index (κ2) is 8.24. The van der Waals surface area contributed by atoms with Crippen molar-refractivity contribution in [1.29, 1.82) is 0 Å². The van der Waals surface area contributed by atoms with E-state index in [9.17, 15) is 14.9 Å². The van der Waals surface area contributed by atoms with Gasteiger partial charge in [-0.3, -0.25) is 14.9 Å². The molecule has 0 atom stereocenters. The van der Waals surface area contributed by atoms with Crippen LogP contribution in [0.1, 0.15) is 29.2 Å². The highest BCUT2D eigenvalue weighted by Gasteiger charge is 2.12. The molecular weight excluding hydrogens is 334 g/mol. The first kappa shape index (κ1) is 19.1. The molecule has 0 radical (unpaired) electrons. The van der Waals surface area contributed by atoms with Gasteiger partial charge >= 0.3 is 0 Å². The minimum absolute atomic E-state index is 0.0154. The van der Waals surface area contributed by atoms with Crippen LogP contribution in [0.2, 0.25) is 0 Å². The summed E-state index contributed by atoms with van der Waals surface area (Å²) in [6.45, 7) is 7.01. The summed E-state index contributed by atoms with van der Waals surface area (Å²) in [5.41, 5.74) is 6.00. The van der Waals surface area contributed by atoms with Gasteiger partial charge in [-0.05, 0) is 44.9 Å². The van der Waals surface area contributed by atoms with Crippen LogP contribution >= 0.6 is 0 Å². The molecule has 1 amide bonds. The Labute approximate surface area is 151 Å². The van der Waals surface area contributed by atoms with Crippen molar-refractivity contribution in [2.45, 2.75) is 27.7 Å². The average Bonchev–Trinajstić information content (AvgIpc) is 2.60. The fraction of sp³-hybridized carbons (Fsp3) is 0.263. The molecule has 0 aliphatic carbocycles. The lowest BCUT2D eigenvalue weighted by molar-refractivity contribution is -0.385. The fourth-order valence-electron chi connectivity index (χ4n) is 2.28. The Kier molecular flexibility index (Phi) is 6.06. The standard InChI is InChI=1S/C19H21N3O4/c1-12-5-6-14(3)18(9-12)26-11-19(23)21-20-15(4)16-8-7-13(2)17(10-16)22(24)25/h5-10H,11H2,1-4H3,(H,21,23)/b20-15+. The van der Waals surface area contributed by atoms with Crippen molar-refractivity contribution < 1.29 is 14.5 Å². The largest absolute Gasteiger partial charge is 0.483 e. The van der Waals surface area contributed by atoms with Gasteiger partial charge in [0.2, 0.25) is 0 Å². The minimum atomic E-state index is -0.442. The van der Waals surface area contributed by atoms with E-state index in [1.807, 2.05) is 32.0 Å². The Balaban J connectivity index is 2.00. The summed E-state index contributed by atoms with van der Waals surface area (Å²) in [4.78, 5) is 22.5. The van der Waals surface area contributed by atoms with Crippen LogP contribution in [0, 0.1) is 30.9 Å². The lowest BCUT2D eigenvalue weighted by Crippen LogP contribution is -2.25. The Morgan fingerprint density at radius 2 is 1.85 bits per heavy atom. The van der Waals surface area contributed by atoms with E-state index in [0.717, 1.165) is 11.1 Å². The lowest BCUT2D eigenvalue weighted by Gasteiger charge is -2.09. The molecule has 2 aromatic carbocycles. The maximum absolute atomic E-state index is 11.9. The third-order valence-corrected chi connectivity index (χ3v) is 3.87. The molecule has 0 saturated carbocycles. The number of carbonyl (C=O) groups is 1. The van der Waals surface area contributed by atoms with Crippen LogP contribution in [0.15, 0.2) is 41.5 Å². The fourth-order valence-corrected chi connectivity index (χ4v) is 2.28. The van der Waals surface area contributed by atoms with E-state index in [0.29, 0.717) is 22.6 Å². The summed E-state index contributed by atoms with van der Waals surface area (Å²) in [7, 11) is 0. The van der Waals surface area contributed by atoms with E-state index in [2.05, 4.69) is 10.5 Å². The van der Waals surface area contributed by atoms with Gasteiger partial charge in [-0.1, -0.05) is 24.3 Å². The van der Waals surface area contributed by atoms with E-state index in [-0.39, 0.29) is 12.3 Å². The van der Waals surface area contributed by atoms with Crippen molar-refractivity contribution in [2.24, 2.45) is 5.10 Å². The Bertz CT molecular complexity index is 875. The van der Waals surface area contributed by atoms with Crippen LogP contribution in [-0.4, -0.2) is 23.1 Å². The number of benzene rings is 2. The number of carbonyl (C=O) groups excluding carboxylic acids is 1. The van der Waals surface area contributed by atoms with E-state index < -0.39 is 10.8 Å². The van der Waals surface area contributed by atoms with Gasteiger partial charge in [0.15, 0.2) is 6.61 Å². The summed E-state index contributed by atoms with van der Waals surface area (Å²) in [5.74, 6) is 0.238. The van der Waals surface area contributed by atoms with Gasteiger partial charge in [0.1, 0.15) is 5.75 Å². The number of nitro benzene ring substituents is 1. The Hall–Kier alpha value is -3.22. The second-order valence-corrected chi connectivity index (χ2v) is 6.05. The van der Waals surface area contributed by atoms with Gasteiger partial charge in [0, 0.05) is 17.2 Å². The number of aryl methyl sites for hydroxylation is 3. The predicted molar refractivity (Wildman–Crippen MR) is 99.6 cm³/mol. The number of nitrogens with zero attached hydrogens (tertiary/aromatic N) is 2. The van der Waals surface area contributed by atoms with Crippen molar-refractivity contribution in [3.63, 3.8) is 0 Å². The van der Waals surface area contributed by atoms with Crippen molar-refractivity contribution in [2.75, 3.05) is 6.61 Å². The summed E-state index contributed by atoms with van der Waals surface area (Å²) in [6, 6.07) is 10.6. The summed E-state index contributed by atoms with van der Waals surface area (Å²) < 4.78 is 5.51. The maximum Gasteiger partial charge on any atom is 0.277 e. The lowest BCUT2D eigenvalue weighted by atomic mass is 10.1. The molecule has 7 nitrogen and oxygen atoms in total. The van der Waals surface area contributed by atoms with Gasteiger partial charge in [-0.2, -0.15) is 5.10 Å². The number of hydrazone groups is 1. The SMILES string of the molecule is C/C(=N\NC(=O)COc1cc(C)ccc1C)c1ccc(C)c([N+](=O)[O-])c1. The molecule has 0 aliphatic rings. The van der Waals surface area contributed by atoms with Gasteiger partial charge in [0.05, 0.1) is 10.6 Å². The van der Waals surface area contributed by atoms with Gasteiger partial charge in [-0.15, -0.1) is 0 Å². The second-order valence-electron chi connectivity index (χ2n) is 6.05. The van der Waals surface area contributed by atoms with Crippen molar-refractivity contribution >= 4 is 17.3 Å². The highest BCUT2D eigenvalue weighted by molar-refractivity contribution is 5.99. The molecule has 0 spiro atoms. The zero-order chi connectivity index (χ0) is 19.3. The minimum Gasteiger partial charge on any atom is -0.483 e. The van der Waals surface area contributed by atoms with Gasteiger partial charge in [-0.25, -0.2) is 5.43 Å². The molecule has 26 heavy (non-hydrogen) atoms. The quantitative estimate of drug-likeness (QED) is 0.488. The summed E-state index contributed by atoms with van der Waals surface area (Å²) >= 11 is 0. The van der Waals surface area contributed by atoms with Crippen LogP contribution < -0.4 is 10.2 Å². The molecule has 0 heterocycles. The first-order chi connectivity index (χ1) is 12.3. The summed E-state index contributed by atoms with van der Waals surface area (Å²) in [6.07, 6.45) is 0. The van der Waals surface area contributed by atoms with E-state index in [1.54, 1.807) is 26.0 Å². The highest BCUT2D eigenvalue weighted by Crippen LogP contribution is 2.20. The smallest absolute Gasteiger partial charge is 0.277 e. The molecule has 0 aliphatic heterocycles. The number of hydrogen-bond acceptors (Lipinski definition) is 5. The van der Waals surface area contributed by atoms with Crippen LogP contribution in [0.25, 0.3) is 0 Å².